The zero-order valence-corrected chi connectivity index (χ0v) is 18.4. The lowest BCUT2D eigenvalue weighted by molar-refractivity contribution is -0.140. The first-order valence-electron chi connectivity index (χ1n) is 10.6. The second-order valence-electron chi connectivity index (χ2n) is 7.79. The summed E-state index contributed by atoms with van der Waals surface area (Å²) in [4.78, 5) is 31.7. The Morgan fingerprint density at radius 1 is 1.12 bits per heavy atom. The van der Waals surface area contributed by atoms with Gasteiger partial charge in [0, 0.05) is 24.5 Å². The second-order valence-corrected chi connectivity index (χ2v) is 7.79. The van der Waals surface area contributed by atoms with Gasteiger partial charge in [0.2, 0.25) is 0 Å². The molecule has 1 saturated heterocycles. The molecule has 168 valence electrons. The average Bonchev–Trinajstić information content (AvgIpc) is 3.06. The Hall–Kier alpha value is -4.13. The van der Waals surface area contributed by atoms with Crippen molar-refractivity contribution in [1.82, 2.24) is 9.88 Å². The molecule has 4 rings (SSSR count). The van der Waals surface area contributed by atoms with E-state index >= 15 is 0 Å². The van der Waals surface area contributed by atoms with Crippen molar-refractivity contribution in [3.63, 3.8) is 0 Å². The fourth-order valence-corrected chi connectivity index (χ4v) is 4.00. The largest absolute Gasteiger partial charge is 0.508 e. The van der Waals surface area contributed by atoms with E-state index in [0.29, 0.717) is 23.5 Å². The van der Waals surface area contributed by atoms with Crippen LogP contribution < -0.4 is 4.74 Å². The first kappa shape index (κ1) is 22.1. The summed E-state index contributed by atoms with van der Waals surface area (Å²) in [6, 6.07) is 14.1. The summed E-state index contributed by atoms with van der Waals surface area (Å²) in [5.74, 6) is -0.986. The van der Waals surface area contributed by atoms with Crippen molar-refractivity contribution >= 4 is 17.4 Å². The number of Topliss-reactive ketones (excluding diaryl/α,β-unsaturated/α-hetero) is 1. The molecule has 0 bridgehead atoms. The van der Waals surface area contributed by atoms with Crippen molar-refractivity contribution in [2.45, 2.75) is 26.4 Å². The molecule has 1 aliphatic heterocycles. The highest BCUT2D eigenvalue weighted by Gasteiger charge is 2.46. The molecule has 33 heavy (non-hydrogen) atoms. The van der Waals surface area contributed by atoms with Crippen LogP contribution in [0.2, 0.25) is 0 Å². The van der Waals surface area contributed by atoms with Crippen LogP contribution in [0.15, 0.2) is 72.6 Å². The van der Waals surface area contributed by atoms with Gasteiger partial charge in [0.15, 0.2) is 0 Å². The maximum absolute atomic E-state index is 13.1. The molecular formula is C26H24N2O5. The van der Waals surface area contributed by atoms with E-state index in [0.717, 1.165) is 11.1 Å². The molecule has 1 unspecified atom stereocenters. The molecule has 1 fully saturated rings. The van der Waals surface area contributed by atoms with Crippen LogP contribution in [0.5, 0.6) is 11.5 Å². The number of aliphatic hydroxyl groups is 1. The fraction of sp³-hybridized carbons (Fsp3) is 0.192. The van der Waals surface area contributed by atoms with Gasteiger partial charge >= 0.3 is 0 Å². The van der Waals surface area contributed by atoms with Crippen LogP contribution in [-0.2, 0) is 16.1 Å². The van der Waals surface area contributed by atoms with E-state index in [4.69, 9.17) is 4.74 Å². The number of aromatic hydroxyl groups is 1. The third kappa shape index (κ3) is 4.30. The van der Waals surface area contributed by atoms with Crippen LogP contribution in [0.4, 0.5) is 0 Å². The van der Waals surface area contributed by atoms with Crippen molar-refractivity contribution < 1.29 is 24.5 Å². The number of aromatic nitrogens is 1. The van der Waals surface area contributed by atoms with E-state index in [1.165, 1.54) is 17.0 Å². The van der Waals surface area contributed by atoms with Crippen LogP contribution in [-0.4, -0.2) is 38.4 Å². The van der Waals surface area contributed by atoms with Crippen LogP contribution in [0.1, 0.15) is 35.2 Å². The molecule has 0 aliphatic carbocycles. The number of likely N-dealkylation sites (tertiary alicyclic amines) is 1. The molecule has 0 saturated carbocycles. The number of pyridine rings is 1. The Kier molecular flexibility index (Phi) is 6.13. The molecule has 2 N–H and O–H groups in total. The normalized spacial score (nSPS) is 17.4. The van der Waals surface area contributed by atoms with Gasteiger partial charge in [-0.1, -0.05) is 18.2 Å². The smallest absolute Gasteiger partial charge is 0.295 e. The first-order chi connectivity index (χ1) is 15.9. The third-order valence-corrected chi connectivity index (χ3v) is 5.57. The fourth-order valence-electron chi connectivity index (χ4n) is 4.00. The highest BCUT2D eigenvalue weighted by atomic mass is 16.5. The van der Waals surface area contributed by atoms with Gasteiger partial charge in [-0.25, -0.2) is 0 Å². The summed E-state index contributed by atoms with van der Waals surface area (Å²) in [6.07, 6.45) is 3.26. The predicted octanol–water partition coefficient (Wildman–Crippen LogP) is 4.12. The zero-order chi connectivity index (χ0) is 23.5. The van der Waals surface area contributed by atoms with Gasteiger partial charge in [0.1, 0.15) is 17.3 Å². The summed E-state index contributed by atoms with van der Waals surface area (Å²) in [5, 5.41) is 20.9. The maximum atomic E-state index is 13.1. The Morgan fingerprint density at radius 3 is 2.52 bits per heavy atom. The lowest BCUT2D eigenvalue weighted by atomic mass is 9.94. The molecule has 1 atom stereocenters. The number of aliphatic hydroxyl groups excluding tert-OH is 1. The summed E-state index contributed by atoms with van der Waals surface area (Å²) in [6.45, 7) is 4.38. The molecule has 1 aromatic heterocycles. The van der Waals surface area contributed by atoms with E-state index in [9.17, 15) is 19.8 Å². The molecule has 2 aromatic carbocycles. The summed E-state index contributed by atoms with van der Waals surface area (Å²) < 4.78 is 5.56. The van der Waals surface area contributed by atoms with Crippen LogP contribution >= 0.6 is 0 Å². The van der Waals surface area contributed by atoms with Gasteiger partial charge in [-0.2, -0.15) is 0 Å². The number of hydrogen-bond acceptors (Lipinski definition) is 6. The Morgan fingerprint density at radius 2 is 1.88 bits per heavy atom. The Balaban J connectivity index is 1.84. The van der Waals surface area contributed by atoms with Crippen LogP contribution in [0.3, 0.4) is 0 Å². The van der Waals surface area contributed by atoms with E-state index in [1.54, 1.807) is 48.8 Å². The number of aryl methyl sites for hydroxylation is 1. The third-order valence-electron chi connectivity index (χ3n) is 5.57. The average molecular weight is 444 g/mol. The number of nitrogens with zero attached hydrogens (tertiary/aromatic N) is 2. The zero-order valence-electron chi connectivity index (χ0n) is 18.4. The number of ether oxygens (including phenoxy) is 1. The standard InChI is InChI=1S/C26H24N2O5/c1-3-33-21-11-8-19(13-16(21)2)24(30)22-23(18-6-9-20(29)10-7-18)28(26(32)25(22)31)15-17-5-4-12-27-14-17/h4-14,23,29-30H,3,15H2,1-2H3/b24-22-. The Bertz CT molecular complexity index is 1220. The summed E-state index contributed by atoms with van der Waals surface area (Å²) in [7, 11) is 0. The minimum atomic E-state index is -0.822. The molecule has 1 amide bonds. The summed E-state index contributed by atoms with van der Waals surface area (Å²) in [5.41, 5.74) is 2.56. The van der Waals surface area contributed by atoms with Crippen molar-refractivity contribution in [2.24, 2.45) is 0 Å². The minimum absolute atomic E-state index is 0.00172. The van der Waals surface area contributed by atoms with Gasteiger partial charge in [0.05, 0.1) is 18.2 Å². The maximum Gasteiger partial charge on any atom is 0.295 e. The van der Waals surface area contributed by atoms with Crippen LogP contribution in [0.25, 0.3) is 5.76 Å². The second kappa shape index (κ2) is 9.16. The van der Waals surface area contributed by atoms with Crippen molar-refractivity contribution in [1.29, 1.82) is 0 Å². The lowest BCUT2D eigenvalue weighted by Gasteiger charge is -2.25. The number of phenols is 1. The SMILES string of the molecule is CCOc1ccc(/C(O)=C2/C(=O)C(=O)N(Cc3cccnc3)C2c2ccc(O)cc2)cc1C. The number of carbonyl (C=O) groups is 2. The molecule has 2 heterocycles. The number of benzene rings is 2. The van der Waals surface area contributed by atoms with Gasteiger partial charge in [-0.3, -0.25) is 14.6 Å². The van der Waals surface area contributed by atoms with Crippen molar-refractivity contribution in [3.05, 3.63) is 94.8 Å². The van der Waals surface area contributed by atoms with Crippen molar-refractivity contribution in [2.75, 3.05) is 6.61 Å². The molecule has 1 aliphatic rings. The van der Waals surface area contributed by atoms with E-state index in [1.807, 2.05) is 19.9 Å². The van der Waals surface area contributed by atoms with E-state index in [-0.39, 0.29) is 23.6 Å². The monoisotopic (exact) mass is 444 g/mol. The molecule has 7 heteroatoms. The van der Waals surface area contributed by atoms with Crippen molar-refractivity contribution in [3.8, 4) is 11.5 Å². The number of ketones is 1. The highest BCUT2D eigenvalue weighted by molar-refractivity contribution is 6.46. The number of rotatable bonds is 6. The van der Waals surface area contributed by atoms with Gasteiger partial charge in [0.25, 0.3) is 11.7 Å². The lowest BCUT2D eigenvalue weighted by Crippen LogP contribution is -2.29. The van der Waals surface area contributed by atoms with E-state index < -0.39 is 17.7 Å². The van der Waals surface area contributed by atoms with E-state index in [2.05, 4.69) is 4.98 Å². The number of amides is 1. The molecule has 0 radical (unpaired) electrons. The number of carbonyl (C=O) groups excluding carboxylic acids is 2. The van der Waals surface area contributed by atoms with Gasteiger partial charge in [-0.15, -0.1) is 0 Å². The number of phenolic OH excluding ortho intramolecular Hbond substituents is 1. The van der Waals surface area contributed by atoms with Gasteiger partial charge < -0.3 is 19.8 Å². The predicted molar refractivity (Wildman–Crippen MR) is 123 cm³/mol. The molecule has 7 nitrogen and oxygen atoms in total. The molecular weight excluding hydrogens is 420 g/mol. The quantitative estimate of drug-likeness (QED) is 0.337. The van der Waals surface area contributed by atoms with Crippen LogP contribution in [0, 0.1) is 6.92 Å². The Labute approximate surface area is 191 Å². The molecule has 0 spiro atoms. The summed E-state index contributed by atoms with van der Waals surface area (Å²) >= 11 is 0. The number of hydrogen-bond donors (Lipinski definition) is 2. The highest BCUT2D eigenvalue weighted by Crippen LogP contribution is 2.41. The molecule has 3 aromatic rings. The first-order valence-corrected chi connectivity index (χ1v) is 10.6. The topological polar surface area (TPSA) is 100.0 Å². The van der Waals surface area contributed by atoms with Gasteiger partial charge in [-0.05, 0) is 66.9 Å². The minimum Gasteiger partial charge on any atom is -0.508 e.